The highest BCUT2D eigenvalue weighted by Crippen LogP contribution is 2.19. The molecule has 0 N–H and O–H groups in total. The molecule has 106 valence electrons. The number of fused-ring (bicyclic) bond motifs is 1. The summed E-state index contributed by atoms with van der Waals surface area (Å²) in [6, 6.07) is 19.8. The van der Waals surface area contributed by atoms with Gasteiger partial charge in [-0.15, -0.1) is 0 Å². The van der Waals surface area contributed by atoms with Crippen LogP contribution in [0.3, 0.4) is 0 Å². The van der Waals surface area contributed by atoms with Crippen LogP contribution in [-0.4, -0.2) is 4.98 Å². The van der Waals surface area contributed by atoms with Crippen molar-refractivity contribution in [2.45, 2.75) is 6.42 Å². The van der Waals surface area contributed by atoms with Crippen LogP contribution in [0.2, 0.25) is 5.02 Å². The van der Waals surface area contributed by atoms with Crippen molar-refractivity contribution in [2.75, 3.05) is 0 Å². The lowest BCUT2D eigenvalue weighted by molar-refractivity contribution is 1.26. The second-order valence-electron chi connectivity index (χ2n) is 4.99. The number of benzene rings is 2. The summed E-state index contributed by atoms with van der Waals surface area (Å²) in [6.45, 7) is 0. The van der Waals surface area contributed by atoms with Gasteiger partial charge in [0.05, 0.1) is 23.7 Å². The maximum Gasteiger partial charge on any atom is 0.0724 e. The molecule has 0 aliphatic carbocycles. The van der Waals surface area contributed by atoms with Crippen molar-refractivity contribution in [3.05, 3.63) is 76.4 Å². The van der Waals surface area contributed by atoms with Gasteiger partial charge in [-0.1, -0.05) is 54.1 Å². The minimum atomic E-state index is 0.425. The smallest absolute Gasteiger partial charge is 0.0724 e. The Labute approximate surface area is 134 Å². The zero-order chi connectivity index (χ0) is 15.4. The minimum absolute atomic E-state index is 0.425. The van der Waals surface area contributed by atoms with Gasteiger partial charge in [0.25, 0.3) is 0 Å². The first-order valence-corrected chi connectivity index (χ1v) is 7.33. The first kappa shape index (κ1) is 14.3. The van der Waals surface area contributed by atoms with Crippen LogP contribution < -0.4 is 0 Å². The largest absolute Gasteiger partial charge is 0.248 e. The lowest BCUT2D eigenvalue weighted by Gasteiger charge is -2.00. The van der Waals surface area contributed by atoms with Gasteiger partial charge in [0, 0.05) is 10.4 Å². The van der Waals surface area contributed by atoms with Crippen LogP contribution in [0.5, 0.6) is 0 Å². The van der Waals surface area contributed by atoms with Gasteiger partial charge >= 0.3 is 0 Å². The predicted molar refractivity (Wildman–Crippen MR) is 91.4 cm³/mol. The van der Waals surface area contributed by atoms with E-state index in [0.717, 1.165) is 27.7 Å². The summed E-state index contributed by atoms with van der Waals surface area (Å²) in [7, 11) is 0. The van der Waals surface area contributed by atoms with Gasteiger partial charge in [0.15, 0.2) is 0 Å². The van der Waals surface area contributed by atoms with Gasteiger partial charge in [-0.25, -0.2) is 4.98 Å². The van der Waals surface area contributed by atoms with Crippen LogP contribution in [0.25, 0.3) is 23.1 Å². The third-order valence-corrected chi connectivity index (χ3v) is 3.59. The van der Waals surface area contributed by atoms with Crippen LogP contribution in [0.1, 0.15) is 16.8 Å². The van der Waals surface area contributed by atoms with Crippen LogP contribution >= 0.6 is 11.6 Å². The SMILES string of the molecule is N#CCc1cccc(C=Cc2ccc3ccc(Cl)cc3n2)c1. The molecule has 22 heavy (non-hydrogen) atoms. The van der Waals surface area contributed by atoms with Gasteiger partial charge in [-0.3, -0.25) is 0 Å². The molecule has 0 radical (unpaired) electrons. The summed E-state index contributed by atoms with van der Waals surface area (Å²) in [4.78, 5) is 4.59. The Morgan fingerprint density at radius 2 is 1.91 bits per heavy atom. The van der Waals surface area contributed by atoms with E-state index in [2.05, 4.69) is 11.1 Å². The van der Waals surface area contributed by atoms with E-state index >= 15 is 0 Å². The normalized spacial score (nSPS) is 10.9. The second kappa shape index (κ2) is 6.43. The molecule has 2 nitrogen and oxygen atoms in total. The van der Waals surface area contributed by atoms with E-state index in [4.69, 9.17) is 16.9 Å². The number of halogens is 1. The van der Waals surface area contributed by atoms with E-state index in [1.165, 1.54) is 0 Å². The van der Waals surface area contributed by atoms with Crippen LogP contribution in [0, 0.1) is 11.3 Å². The molecule has 0 fully saturated rings. The van der Waals surface area contributed by atoms with E-state index in [0.29, 0.717) is 11.4 Å². The summed E-state index contributed by atoms with van der Waals surface area (Å²) in [5.74, 6) is 0. The molecule has 0 saturated heterocycles. The second-order valence-corrected chi connectivity index (χ2v) is 5.42. The molecular weight excluding hydrogens is 292 g/mol. The lowest BCUT2D eigenvalue weighted by atomic mass is 10.1. The monoisotopic (exact) mass is 304 g/mol. The van der Waals surface area contributed by atoms with E-state index < -0.39 is 0 Å². The summed E-state index contributed by atoms with van der Waals surface area (Å²) in [6.07, 6.45) is 4.39. The molecule has 0 aliphatic heterocycles. The van der Waals surface area contributed by atoms with E-state index in [9.17, 15) is 0 Å². The molecule has 0 amide bonds. The first-order valence-electron chi connectivity index (χ1n) is 6.95. The number of pyridine rings is 1. The predicted octanol–water partition coefficient (Wildman–Crippen LogP) is 5.12. The number of hydrogen-bond donors (Lipinski definition) is 0. The molecule has 1 aromatic heterocycles. The van der Waals surface area contributed by atoms with E-state index in [-0.39, 0.29) is 0 Å². The van der Waals surface area contributed by atoms with Crippen molar-refractivity contribution >= 4 is 34.7 Å². The van der Waals surface area contributed by atoms with E-state index in [1.807, 2.05) is 66.7 Å². The fourth-order valence-electron chi connectivity index (χ4n) is 2.28. The number of hydrogen-bond acceptors (Lipinski definition) is 2. The molecule has 0 aliphatic rings. The molecule has 3 heteroatoms. The number of aromatic nitrogens is 1. The van der Waals surface area contributed by atoms with Gasteiger partial charge in [-0.2, -0.15) is 5.26 Å². The quantitative estimate of drug-likeness (QED) is 0.673. The van der Waals surface area contributed by atoms with Crippen molar-refractivity contribution in [1.82, 2.24) is 4.98 Å². The maximum absolute atomic E-state index is 8.75. The topological polar surface area (TPSA) is 36.7 Å². The van der Waals surface area contributed by atoms with Gasteiger partial charge in [-0.05, 0) is 35.4 Å². The molecule has 2 aromatic carbocycles. The third-order valence-electron chi connectivity index (χ3n) is 3.36. The van der Waals surface area contributed by atoms with Crippen LogP contribution in [0.4, 0.5) is 0 Å². The summed E-state index contributed by atoms with van der Waals surface area (Å²) in [5, 5.41) is 10.5. The number of nitriles is 1. The molecule has 0 saturated carbocycles. The maximum atomic E-state index is 8.75. The average molecular weight is 305 g/mol. The lowest BCUT2D eigenvalue weighted by Crippen LogP contribution is -1.84. The highest BCUT2D eigenvalue weighted by molar-refractivity contribution is 6.31. The van der Waals surface area contributed by atoms with Crippen molar-refractivity contribution in [2.24, 2.45) is 0 Å². The molecule has 0 spiro atoms. The Kier molecular flexibility index (Phi) is 4.18. The fourth-order valence-corrected chi connectivity index (χ4v) is 2.44. The first-order chi connectivity index (χ1) is 10.7. The molecular formula is C19H13ClN2. The standard InChI is InChI=1S/C19H13ClN2/c20-17-7-5-16-6-9-18(22-19(16)13-17)8-4-14-2-1-3-15(12-14)10-11-21/h1-9,12-13H,10H2. The van der Waals surface area contributed by atoms with Crippen molar-refractivity contribution < 1.29 is 0 Å². The molecule has 3 aromatic rings. The molecule has 0 unspecified atom stereocenters. The molecule has 0 bridgehead atoms. The van der Waals surface area contributed by atoms with Crippen molar-refractivity contribution in [3.63, 3.8) is 0 Å². The summed E-state index contributed by atoms with van der Waals surface area (Å²) in [5.41, 5.74) is 3.83. The van der Waals surface area contributed by atoms with Gasteiger partial charge in [0.1, 0.15) is 0 Å². The van der Waals surface area contributed by atoms with Crippen molar-refractivity contribution in [1.29, 1.82) is 5.26 Å². The highest BCUT2D eigenvalue weighted by atomic mass is 35.5. The van der Waals surface area contributed by atoms with Crippen LogP contribution in [-0.2, 0) is 6.42 Å². The Morgan fingerprint density at radius 1 is 1.05 bits per heavy atom. The van der Waals surface area contributed by atoms with Gasteiger partial charge < -0.3 is 0 Å². The zero-order valence-electron chi connectivity index (χ0n) is 11.8. The summed E-state index contributed by atoms with van der Waals surface area (Å²) < 4.78 is 0. The Hall–Kier alpha value is -2.63. The molecule has 1 heterocycles. The number of nitrogens with zero attached hydrogens (tertiary/aromatic N) is 2. The Morgan fingerprint density at radius 3 is 2.77 bits per heavy atom. The van der Waals surface area contributed by atoms with Gasteiger partial charge in [0.2, 0.25) is 0 Å². The Balaban J connectivity index is 1.89. The Bertz CT molecular complexity index is 891. The number of rotatable bonds is 3. The third kappa shape index (κ3) is 3.33. The minimum Gasteiger partial charge on any atom is -0.248 e. The fraction of sp³-hybridized carbons (Fsp3) is 0.0526. The highest BCUT2D eigenvalue weighted by Gasteiger charge is 1.98. The van der Waals surface area contributed by atoms with Crippen molar-refractivity contribution in [3.8, 4) is 6.07 Å². The van der Waals surface area contributed by atoms with E-state index in [1.54, 1.807) is 0 Å². The molecule has 3 rings (SSSR count). The molecule has 0 atom stereocenters. The summed E-state index contributed by atoms with van der Waals surface area (Å²) >= 11 is 6.01. The zero-order valence-corrected chi connectivity index (χ0v) is 12.6. The average Bonchev–Trinajstić information content (AvgIpc) is 2.53. The van der Waals surface area contributed by atoms with Crippen LogP contribution in [0.15, 0.2) is 54.6 Å².